The van der Waals surface area contributed by atoms with Crippen LogP contribution in [0.5, 0.6) is 0 Å². The molecule has 1 saturated carbocycles. The quantitative estimate of drug-likeness (QED) is 0.742. The maximum absolute atomic E-state index is 11.4. The average Bonchev–Trinajstić information content (AvgIpc) is 3.05. The smallest absolute Gasteiger partial charge is 0.221 e. The first kappa shape index (κ1) is 12.0. The number of carbonyl (C=O) groups is 1. The van der Waals surface area contributed by atoms with Gasteiger partial charge in [0.25, 0.3) is 0 Å². The molecule has 1 aromatic rings. The number of nitrogens with two attached hydrogens (primary N) is 1. The fourth-order valence-corrected chi connectivity index (χ4v) is 1.59. The normalized spacial score (nSPS) is 14.4. The molecule has 0 spiro atoms. The number of rotatable bonds is 5. The van der Waals surface area contributed by atoms with Crippen LogP contribution < -0.4 is 16.4 Å². The lowest BCUT2D eigenvalue weighted by Gasteiger charge is -2.08. The van der Waals surface area contributed by atoms with E-state index in [1.54, 1.807) is 6.07 Å². The molecule has 2 rings (SSSR count). The van der Waals surface area contributed by atoms with Gasteiger partial charge in [-0.2, -0.15) is 0 Å². The molecule has 1 heterocycles. The summed E-state index contributed by atoms with van der Waals surface area (Å²) < 4.78 is 0. The summed E-state index contributed by atoms with van der Waals surface area (Å²) in [7, 11) is 0. The minimum Gasteiger partial charge on any atom is -0.396 e. The third-order valence-electron chi connectivity index (χ3n) is 2.47. The van der Waals surface area contributed by atoms with Crippen molar-refractivity contribution in [1.82, 2.24) is 10.3 Å². The number of nitrogens with zero attached hydrogens (tertiary/aromatic N) is 1. The molecular weight excluding hydrogens is 240 g/mol. The number of hydrogen-bond donors (Lipinski definition) is 3. The first-order chi connectivity index (χ1) is 8.15. The maximum atomic E-state index is 11.4. The van der Waals surface area contributed by atoms with E-state index in [-0.39, 0.29) is 5.91 Å². The van der Waals surface area contributed by atoms with E-state index in [4.69, 9.17) is 17.3 Å². The summed E-state index contributed by atoms with van der Waals surface area (Å²) in [5.74, 6) is 0.626. The molecule has 6 heteroatoms. The van der Waals surface area contributed by atoms with Gasteiger partial charge in [-0.05, 0) is 18.9 Å². The molecule has 0 aliphatic heterocycles. The number of amides is 1. The summed E-state index contributed by atoms with van der Waals surface area (Å²) in [6.07, 6.45) is 4.14. The van der Waals surface area contributed by atoms with Crippen LogP contribution in [-0.4, -0.2) is 23.5 Å². The Morgan fingerprint density at radius 3 is 3.00 bits per heavy atom. The molecule has 4 N–H and O–H groups in total. The number of anilines is 2. The Bertz CT molecular complexity index is 420. The molecule has 0 aromatic carbocycles. The lowest BCUT2D eigenvalue weighted by molar-refractivity contribution is -0.120. The molecule has 1 aromatic heterocycles. The van der Waals surface area contributed by atoms with Crippen LogP contribution in [0, 0.1) is 0 Å². The van der Waals surface area contributed by atoms with E-state index in [1.807, 2.05) is 0 Å². The number of halogens is 1. The third-order valence-corrected chi connectivity index (χ3v) is 2.68. The molecule has 0 radical (unpaired) electrons. The van der Waals surface area contributed by atoms with Crippen molar-refractivity contribution in [2.75, 3.05) is 17.6 Å². The number of nitrogens with one attached hydrogen (secondary N) is 2. The van der Waals surface area contributed by atoms with Crippen molar-refractivity contribution in [3.05, 3.63) is 17.3 Å². The van der Waals surface area contributed by atoms with Crippen molar-refractivity contribution in [2.45, 2.75) is 25.3 Å². The van der Waals surface area contributed by atoms with Gasteiger partial charge >= 0.3 is 0 Å². The van der Waals surface area contributed by atoms with E-state index in [1.165, 1.54) is 6.20 Å². The first-order valence-electron chi connectivity index (χ1n) is 5.59. The van der Waals surface area contributed by atoms with E-state index >= 15 is 0 Å². The number of aromatic nitrogens is 1. The largest absolute Gasteiger partial charge is 0.396 e. The van der Waals surface area contributed by atoms with E-state index in [0.717, 1.165) is 12.8 Å². The SMILES string of the molecule is Nc1cc(Cl)cnc1NCCC(=O)NC1CC1. The van der Waals surface area contributed by atoms with Crippen LogP contribution in [0.1, 0.15) is 19.3 Å². The van der Waals surface area contributed by atoms with Crippen LogP contribution >= 0.6 is 11.6 Å². The van der Waals surface area contributed by atoms with Crippen LogP contribution in [0.4, 0.5) is 11.5 Å². The van der Waals surface area contributed by atoms with Gasteiger partial charge in [0.1, 0.15) is 5.82 Å². The lowest BCUT2D eigenvalue weighted by atomic mass is 10.3. The molecule has 1 aliphatic rings. The zero-order valence-electron chi connectivity index (χ0n) is 9.37. The topological polar surface area (TPSA) is 80.0 Å². The van der Waals surface area contributed by atoms with Crippen LogP contribution in [0.25, 0.3) is 0 Å². The number of nitrogen functional groups attached to an aromatic ring is 1. The van der Waals surface area contributed by atoms with Crippen LogP contribution in [0.15, 0.2) is 12.3 Å². The average molecular weight is 255 g/mol. The molecular formula is C11H15ClN4O. The van der Waals surface area contributed by atoms with Gasteiger partial charge in [-0.3, -0.25) is 4.79 Å². The molecule has 1 aliphatic carbocycles. The van der Waals surface area contributed by atoms with Crippen molar-refractivity contribution in [1.29, 1.82) is 0 Å². The predicted octanol–water partition coefficient (Wildman–Crippen LogP) is 1.40. The minimum atomic E-state index is 0.0625. The van der Waals surface area contributed by atoms with Crippen molar-refractivity contribution >= 4 is 29.0 Å². The van der Waals surface area contributed by atoms with E-state index in [2.05, 4.69) is 15.6 Å². The van der Waals surface area contributed by atoms with Crippen LogP contribution in [0.2, 0.25) is 5.02 Å². The van der Waals surface area contributed by atoms with E-state index in [0.29, 0.717) is 35.5 Å². The number of pyridine rings is 1. The lowest BCUT2D eigenvalue weighted by Crippen LogP contribution is -2.27. The van der Waals surface area contributed by atoms with Crippen molar-refractivity contribution in [3.8, 4) is 0 Å². The zero-order valence-corrected chi connectivity index (χ0v) is 10.1. The minimum absolute atomic E-state index is 0.0625. The summed E-state index contributed by atoms with van der Waals surface area (Å²) in [6.45, 7) is 0.511. The molecule has 5 nitrogen and oxygen atoms in total. The van der Waals surface area contributed by atoms with Gasteiger partial charge in [-0.15, -0.1) is 0 Å². The Kier molecular flexibility index (Phi) is 3.68. The zero-order chi connectivity index (χ0) is 12.3. The highest BCUT2D eigenvalue weighted by Crippen LogP contribution is 2.20. The summed E-state index contributed by atoms with van der Waals surface area (Å²) >= 11 is 5.73. The van der Waals surface area contributed by atoms with Gasteiger partial charge in [-0.25, -0.2) is 4.98 Å². The highest BCUT2D eigenvalue weighted by Gasteiger charge is 2.22. The highest BCUT2D eigenvalue weighted by atomic mass is 35.5. The molecule has 0 bridgehead atoms. The second-order valence-electron chi connectivity index (χ2n) is 4.11. The molecule has 1 amide bonds. The first-order valence-corrected chi connectivity index (χ1v) is 5.97. The van der Waals surface area contributed by atoms with Gasteiger partial charge < -0.3 is 16.4 Å². The monoisotopic (exact) mass is 254 g/mol. The Morgan fingerprint density at radius 1 is 1.59 bits per heavy atom. The Balaban J connectivity index is 1.75. The van der Waals surface area contributed by atoms with E-state index in [9.17, 15) is 4.79 Å². The Hall–Kier alpha value is -1.49. The number of hydrogen-bond acceptors (Lipinski definition) is 4. The van der Waals surface area contributed by atoms with Crippen molar-refractivity contribution < 1.29 is 4.79 Å². The molecule has 0 atom stereocenters. The van der Waals surface area contributed by atoms with Crippen molar-refractivity contribution in [3.63, 3.8) is 0 Å². The standard InChI is InChI=1S/C11H15ClN4O/c12-7-5-9(13)11(15-6-7)14-4-3-10(17)16-8-1-2-8/h5-6,8H,1-4,13H2,(H,14,15)(H,16,17). The van der Waals surface area contributed by atoms with Gasteiger partial charge in [-0.1, -0.05) is 11.6 Å². The van der Waals surface area contributed by atoms with Gasteiger partial charge in [0.05, 0.1) is 10.7 Å². The highest BCUT2D eigenvalue weighted by molar-refractivity contribution is 6.30. The van der Waals surface area contributed by atoms with Crippen molar-refractivity contribution in [2.24, 2.45) is 0 Å². The number of carbonyl (C=O) groups excluding carboxylic acids is 1. The molecule has 92 valence electrons. The Morgan fingerprint density at radius 2 is 2.35 bits per heavy atom. The van der Waals surface area contributed by atoms with Gasteiger partial charge in [0.15, 0.2) is 0 Å². The van der Waals surface area contributed by atoms with E-state index < -0.39 is 0 Å². The summed E-state index contributed by atoms with van der Waals surface area (Å²) in [5, 5.41) is 6.42. The molecule has 17 heavy (non-hydrogen) atoms. The maximum Gasteiger partial charge on any atom is 0.221 e. The summed E-state index contributed by atoms with van der Waals surface area (Å²) in [4.78, 5) is 15.4. The predicted molar refractivity (Wildman–Crippen MR) is 67.9 cm³/mol. The molecule has 0 unspecified atom stereocenters. The molecule has 1 fully saturated rings. The summed E-state index contributed by atoms with van der Waals surface area (Å²) in [6, 6.07) is 2.03. The fraction of sp³-hybridized carbons (Fsp3) is 0.455. The second kappa shape index (κ2) is 5.23. The van der Waals surface area contributed by atoms with Crippen LogP contribution in [-0.2, 0) is 4.79 Å². The Labute approximate surface area is 105 Å². The fourth-order valence-electron chi connectivity index (χ4n) is 1.42. The van der Waals surface area contributed by atoms with Crippen LogP contribution in [0.3, 0.4) is 0 Å². The van der Waals surface area contributed by atoms with Gasteiger partial charge in [0.2, 0.25) is 5.91 Å². The molecule has 0 saturated heterocycles. The second-order valence-corrected chi connectivity index (χ2v) is 4.55. The summed E-state index contributed by atoms with van der Waals surface area (Å²) in [5.41, 5.74) is 6.21. The van der Waals surface area contributed by atoms with Gasteiger partial charge in [0, 0.05) is 25.2 Å². The third kappa shape index (κ3) is 3.78.